The lowest BCUT2D eigenvalue weighted by atomic mass is 10.00. The van der Waals surface area contributed by atoms with Crippen LogP contribution in [-0.4, -0.2) is 50.9 Å². The normalized spacial score (nSPS) is 16.7. The van der Waals surface area contributed by atoms with E-state index >= 15 is 0 Å². The van der Waals surface area contributed by atoms with Crippen molar-refractivity contribution < 1.29 is 9.59 Å². The van der Waals surface area contributed by atoms with Crippen molar-refractivity contribution in [3.63, 3.8) is 0 Å². The zero-order valence-corrected chi connectivity index (χ0v) is 16.5. The van der Waals surface area contributed by atoms with E-state index in [0.29, 0.717) is 30.1 Å². The molecule has 7 nitrogen and oxygen atoms in total. The molecule has 1 unspecified atom stereocenters. The van der Waals surface area contributed by atoms with E-state index in [1.165, 1.54) is 12.6 Å². The Morgan fingerprint density at radius 1 is 1.21 bits per heavy atom. The molecule has 0 radical (unpaired) electrons. The lowest BCUT2D eigenvalue weighted by Gasteiger charge is -2.31. The van der Waals surface area contributed by atoms with Crippen LogP contribution in [0.3, 0.4) is 0 Å². The fourth-order valence-corrected chi connectivity index (χ4v) is 3.83. The highest BCUT2D eigenvalue weighted by molar-refractivity contribution is 6.00. The fraction of sp³-hybridized carbons (Fsp3) is 0.364. The van der Waals surface area contributed by atoms with E-state index in [9.17, 15) is 9.59 Å². The standard InChI is InChI=1S/C22H25N5O2/c1-16-6-5-13-26(15-16)20(28)10-12-24-22(29)18-14-25-27-19(9-11-23-21(18)27)17-7-3-2-4-8-17/h2-4,7-9,11,14,16H,5-6,10,12-13,15H2,1H3,(H,24,29). The second kappa shape index (κ2) is 8.43. The molecule has 1 fully saturated rings. The second-order valence-corrected chi connectivity index (χ2v) is 7.58. The van der Waals surface area contributed by atoms with Gasteiger partial charge in [-0.1, -0.05) is 37.3 Å². The Bertz CT molecular complexity index is 1010. The van der Waals surface area contributed by atoms with Gasteiger partial charge in [-0.05, 0) is 24.8 Å². The molecule has 7 heteroatoms. The average molecular weight is 391 g/mol. The fourth-order valence-electron chi connectivity index (χ4n) is 3.83. The number of aromatic nitrogens is 3. The summed E-state index contributed by atoms with van der Waals surface area (Å²) in [5.41, 5.74) is 2.77. The van der Waals surface area contributed by atoms with Crippen LogP contribution in [0.25, 0.3) is 16.9 Å². The first kappa shape index (κ1) is 19.1. The Kier molecular flexibility index (Phi) is 5.55. The van der Waals surface area contributed by atoms with Crippen LogP contribution < -0.4 is 5.32 Å². The monoisotopic (exact) mass is 391 g/mol. The molecule has 1 aliphatic rings. The second-order valence-electron chi connectivity index (χ2n) is 7.58. The highest BCUT2D eigenvalue weighted by Crippen LogP contribution is 2.20. The van der Waals surface area contributed by atoms with Crippen LogP contribution in [0.1, 0.15) is 36.5 Å². The third-order valence-electron chi connectivity index (χ3n) is 5.35. The molecule has 1 aromatic carbocycles. The Morgan fingerprint density at radius 3 is 2.83 bits per heavy atom. The zero-order chi connectivity index (χ0) is 20.2. The SMILES string of the molecule is CC1CCCN(C(=O)CCNC(=O)c2cnn3c(-c4ccccc4)ccnc23)C1. The number of likely N-dealkylation sites (tertiary alicyclic amines) is 1. The summed E-state index contributed by atoms with van der Waals surface area (Å²) in [6.07, 6.45) is 5.74. The number of benzene rings is 1. The van der Waals surface area contributed by atoms with Crippen molar-refractivity contribution in [2.24, 2.45) is 5.92 Å². The van der Waals surface area contributed by atoms with E-state index in [4.69, 9.17) is 0 Å². The van der Waals surface area contributed by atoms with Crippen LogP contribution in [0.4, 0.5) is 0 Å². The van der Waals surface area contributed by atoms with Crippen LogP contribution in [0.15, 0.2) is 48.8 Å². The van der Waals surface area contributed by atoms with Gasteiger partial charge in [-0.15, -0.1) is 0 Å². The molecule has 0 spiro atoms. The third-order valence-corrected chi connectivity index (χ3v) is 5.35. The summed E-state index contributed by atoms with van der Waals surface area (Å²) in [7, 11) is 0. The summed E-state index contributed by atoms with van der Waals surface area (Å²) in [4.78, 5) is 31.3. The van der Waals surface area contributed by atoms with Crippen LogP contribution in [0, 0.1) is 5.92 Å². The Balaban J connectivity index is 1.42. The van der Waals surface area contributed by atoms with Crippen LogP contribution in [0.5, 0.6) is 0 Å². The predicted octanol–water partition coefficient (Wildman–Crippen LogP) is 2.77. The van der Waals surface area contributed by atoms with Crippen LogP contribution >= 0.6 is 0 Å². The Morgan fingerprint density at radius 2 is 2.03 bits per heavy atom. The van der Waals surface area contributed by atoms with Gasteiger partial charge in [0.2, 0.25) is 5.91 Å². The van der Waals surface area contributed by atoms with Crippen molar-refractivity contribution in [2.45, 2.75) is 26.2 Å². The van der Waals surface area contributed by atoms with Gasteiger partial charge in [0.05, 0.1) is 11.9 Å². The van der Waals surface area contributed by atoms with Crippen molar-refractivity contribution in [3.8, 4) is 11.3 Å². The third kappa shape index (κ3) is 4.13. The zero-order valence-electron chi connectivity index (χ0n) is 16.5. The number of rotatable bonds is 5. The predicted molar refractivity (Wildman–Crippen MR) is 110 cm³/mol. The largest absolute Gasteiger partial charge is 0.351 e. The number of carbonyl (C=O) groups is 2. The first-order valence-corrected chi connectivity index (χ1v) is 10.1. The summed E-state index contributed by atoms with van der Waals surface area (Å²) < 4.78 is 1.67. The van der Waals surface area contributed by atoms with Gasteiger partial charge in [0.1, 0.15) is 5.56 Å². The number of carbonyl (C=O) groups excluding carboxylic acids is 2. The number of piperidine rings is 1. The molecule has 2 aromatic heterocycles. The van der Waals surface area contributed by atoms with Crippen LogP contribution in [0.2, 0.25) is 0 Å². The summed E-state index contributed by atoms with van der Waals surface area (Å²) in [6.45, 7) is 4.10. The van der Waals surface area contributed by atoms with Gasteiger partial charge in [0.15, 0.2) is 5.65 Å². The number of hydrogen-bond donors (Lipinski definition) is 1. The topological polar surface area (TPSA) is 79.6 Å². The van der Waals surface area contributed by atoms with Gasteiger partial charge in [0, 0.05) is 37.8 Å². The van der Waals surface area contributed by atoms with Crippen molar-refractivity contribution in [1.82, 2.24) is 24.8 Å². The number of nitrogens with zero attached hydrogens (tertiary/aromatic N) is 4. The molecular formula is C22H25N5O2. The highest BCUT2D eigenvalue weighted by Gasteiger charge is 2.21. The lowest BCUT2D eigenvalue weighted by molar-refractivity contribution is -0.132. The molecule has 1 N–H and O–H groups in total. The summed E-state index contributed by atoms with van der Waals surface area (Å²) in [5.74, 6) is 0.379. The van der Waals surface area contributed by atoms with E-state index in [-0.39, 0.29) is 11.8 Å². The van der Waals surface area contributed by atoms with Gasteiger partial charge in [-0.25, -0.2) is 9.50 Å². The van der Waals surface area contributed by atoms with E-state index in [1.807, 2.05) is 41.3 Å². The quantitative estimate of drug-likeness (QED) is 0.725. The molecule has 3 heterocycles. The molecule has 3 aromatic rings. The molecule has 29 heavy (non-hydrogen) atoms. The molecule has 4 rings (SSSR count). The highest BCUT2D eigenvalue weighted by atomic mass is 16.2. The molecule has 0 bridgehead atoms. The first-order chi connectivity index (χ1) is 14.1. The van der Waals surface area contributed by atoms with Crippen LogP contribution in [-0.2, 0) is 4.79 Å². The minimum atomic E-state index is -0.266. The lowest BCUT2D eigenvalue weighted by Crippen LogP contribution is -2.40. The van der Waals surface area contributed by atoms with Crippen molar-refractivity contribution in [2.75, 3.05) is 19.6 Å². The average Bonchev–Trinajstić information content (AvgIpc) is 3.18. The number of amides is 2. The molecule has 0 saturated carbocycles. The van der Waals surface area contributed by atoms with E-state index in [1.54, 1.807) is 10.7 Å². The van der Waals surface area contributed by atoms with Gasteiger partial charge in [0.25, 0.3) is 5.91 Å². The summed E-state index contributed by atoms with van der Waals surface area (Å²) >= 11 is 0. The minimum Gasteiger partial charge on any atom is -0.351 e. The maximum Gasteiger partial charge on any atom is 0.256 e. The molecule has 1 aliphatic heterocycles. The molecule has 1 atom stereocenters. The molecule has 1 saturated heterocycles. The summed E-state index contributed by atoms with van der Waals surface area (Å²) in [6, 6.07) is 11.7. The summed E-state index contributed by atoms with van der Waals surface area (Å²) in [5, 5.41) is 7.20. The van der Waals surface area contributed by atoms with E-state index in [0.717, 1.165) is 30.8 Å². The van der Waals surface area contributed by atoms with Crippen molar-refractivity contribution >= 4 is 17.5 Å². The number of fused-ring (bicyclic) bond motifs is 1. The Labute approximate surface area is 169 Å². The van der Waals surface area contributed by atoms with Gasteiger partial charge in [-0.2, -0.15) is 5.10 Å². The van der Waals surface area contributed by atoms with E-state index < -0.39 is 0 Å². The molecule has 0 aliphatic carbocycles. The Hall–Kier alpha value is -3.22. The van der Waals surface area contributed by atoms with Crippen molar-refractivity contribution in [3.05, 3.63) is 54.4 Å². The number of hydrogen-bond acceptors (Lipinski definition) is 4. The smallest absolute Gasteiger partial charge is 0.256 e. The van der Waals surface area contributed by atoms with Crippen molar-refractivity contribution in [1.29, 1.82) is 0 Å². The van der Waals surface area contributed by atoms with E-state index in [2.05, 4.69) is 22.3 Å². The minimum absolute atomic E-state index is 0.0983. The maximum absolute atomic E-state index is 12.6. The molecule has 2 amide bonds. The first-order valence-electron chi connectivity index (χ1n) is 10.1. The maximum atomic E-state index is 12.6. The van der Waals surface area contributed by atoms with Gasteiger partial charge in [-0.3, -0.25) is 9.59 Å². The number of nitrogens with one attached hydrogen (secondary N) is 1. The molecule has 150 valence electrons. The van der Waals surface area contributed by atoms with Gasteiger partial charge < -0.3 is 10.2 Å². The molecular weight excluding hydrogens is 366 g/mol. The van der Waals surface area contributed by atoms with Gasteiger partial charge >= 0.3 is 0 Å².